The van der Waals surface area contributed by atoms with E-state index in [9.17, 15) is 4.79 Å². The second kappa shape index (κ2) is 7.93. The van der Waals surface area contributed by atoms with E-state index >= 15 is 0 Å². The molecule has 1 amide bonds. The normalized spacial score (nSPS) is 9.91. The SMILES string of the molecule is COc1ccc(NCCC(=O)Nc2cccc(OC)c2)cc1. The third-order valence-corrected chi connectivity index (χ3v) is 3.12. The first-order chi connectivity index (χ1) is 10.7. The summed E-state index contributed by atoms with van der Waals surface area (Å²) >= 11 is 0. The van der Waals surface area contributed by atoms with E-state index in [1.54, 1.807) is 20.3 Å². The van der Waals surface area contributed by atoms with E-state index in [0.717, 1.165) is 17.1 Å². The number of carbonyl (C=O) groups excluding carboxylic acids is 1. The van der Waals surface area contributed by atoms with Crippen molar-refractivity contribution < 1.29 is 14.3 Å². The Hall–Kier alpha value is -2.69. The molecule has 0 saturated carbocycles. The molecule has 0 radical (unpaired) electrons. The summed E-state index contributed by atoms with van der Waals surface area (Å²) in [6.07, 6.45) is 0.378. The van der Waals surface area contributed by atoms with Crippen LogP contribution in [-0.4, -0.2) is 26.7 Å². The van der Waals surface area contributed by atoms with Gasteiger partial charge in [-0.2, -0.15) is 0 Å². The van der Waals surface area contributed by atoms with E-state index in [0.29, 0.717) is 18.7 Å². The van der Waals surface area contributed by atoms with Gasteiger partial charge in [0, 0.05) is 30.4 Å². The highest BCUT2D eigenvalue weighted by atomic mass is 16.5. The number of anilines is 2. The van der Waals surface area contributed by atoms with Crippen molar-refractivity contribution in [2.24, 2.45) is 0 Å². The molecule has 0 atom stereocenters. The van der Waals surface area contributed by atoms with Crippen molar-refractivity contribution in [1.82, 2.24) is 0 Å². The fraction of sp³-hybridized carbons (Fsp3) is 0.235. The largest absolute Gasteiger partial charge is 0.497 e. The highest BCUT2D eigenvalue weighted by Gasteiger charge is 2.03. The number of nitrogens with one attached hydrogen (secondary N) is 2. The van der Waals surface area contributed by atoms with Crippen molar-refractivity contribution in [2.75, 3.05) is 31.4 Å². The Morgan fingerprint density at radius 1 is 0.955 bits per heavy atom. The predicted octanol–water partition coefficient (Wildman–Crippen LogP) is 3.14. The zero-order chi connectivity index (χ0) is 15.8. The molecule has 0 aliphatic rings. The quantitative estimate of drug-likeness (QED) is 0.824. The molecule has 0 heterocycles. The van der Waals surface area contributed by atoms with Crippen molar-refractivity contribution in [3.05, 3.63) is 48.5 Å². The van der Waals surface area contributed by atoms with Gasteiger partial charge in [-0.1, -0.05) is 6.07 Å². The lowest BCUT2D eigenvalue weighted by atomic mass is 10.2. The van der Waals surface area contributed by atoms with Crippen LogP contribution in [0.5, 0.6) is 11.5 Å². The second-order valence-corrected chi connectivity index (χ2v) is 4.69. The summed E-state index contributed by atoms with van der Waals surface area (Å²) in [4.78, 5) is 11.9. The van der Waals surface area contributed by atoms with Gasteiger partial charge in [0.15, 0.2) is 0 Å². The molecule has 2 N–H and O–H groups in total. The summed E-state index contributed by atoms with van der Waals surface area (Å²) in [6, 6.07) is 14.9. The molecule has 0 unspecified atom stereocenters. The van der Waals surface area contributed by atoms with Crippen LogP contribution in [0.2, 0.25) is 0 Å². The van der Waals surface area contributed by atoms with Gasteiger partial charge in [-0.3, -0.25) is 4.79 Å². The van der Waals surface area contributed by atoms with E-state index in [2.05, 4.69) is 10.6 Å². The highest BCUT2D eigenvalue weighted by molar-refractivity contribution is 5.91. The van der Waals surface area contributed by atoms with E-state index in [-0.39, 0.29) is 5.91 Å². The maximum Gasteiger partial charge on any atom is 0.226 e. The molecular formula is C17H20N2O3. The summed E-state index contributed by atoms with van der Waals surface area (Å²) in [5, 5.41) is 6.04. The zero-order valence-corrected chi connectivity index (χ0v) is 12.8. The number of benzene rings is 2. The summed E-state index contributed by atoms with van der Waals surface area (Å²) < 4.78 is 10.2. The van der Waals surface area contributed by atoms with Gasteiger partial charge in [0.25, 0.3) is 0 Å². The first-order valence-electron chi connectivity index (χ1n) is 7.03. The van der Waals surface area contributed by atoms with Gasteiger partial charge in [-0.25, -0.2) is 0 Å². The number of hydrogen-bond acceptors (Lipinski definition) is 4. The lowest BCUT2D eigenvalue weighted by Gasteiger charge is -2.09. The maximum atomic E-state index is 11.9. The second-order valence-electron chi connectivity index (χ2n) is 4.69. The number of hydrogen-bond donors (Lipinski definition) is 2. The van der Waals surface area contributed by atoms with E-state index in [1.807, 2.05) is 42.5 Å². The molecule has 0 saturated heterocycles. The van der Waals surface area contributed by atoms with E-state index in [1.165, 1.54) is 0 Å². The van der Waals surface area contributed by atoms with Gasteiger partial charge < -0.3 is 20.1 Å². The number of methoxy groups -OCH3 is 2. The minimum Gasteiger partial charge on any atom is -0.497 e. The van der Waals surface area contributed by atoms with Crippen LogP contribution in [0.25, 0.3) is 0 Å². The lowest BCUT2D eigenvalue weighted by molar-refractivity contribution is -0.115. The first-order valence-corrected chi connectivity index (χ1v) is 7.03. The smallest absolute Gasteiger partial charge is 0.226 e. The van der Waals surface area contributed by atoms with Gasteiger partial charge in [0.1, 0.15) is 11.5 Å². The molecule has 22 heavy (non-hydrogen) atoms. The minimum atomic E-state index is -0.0470. The maximum absolute atomic E-state index is 11.9. The predicted molar refractivity (Wildman–Crippen MR) is 87.7 cm³/mol. The Balaban J connectivity index is 1.77. The molecular weight excluding hydrogens is 280 g/mol. The molecule has 0 aliphatic carbocycles. The van der Waals surface area contributed by atoms with Gasteiger partial charge in [-0.05, 0) is 36.4 Å². The van der Waals surface area contributed by atoms with Gasteiger partial charge in [0.05, 0.1) is 14.2 Å². The van der Waals surface area contributed by atoms with Gasteiger partial charge >= 0.3 is 0 Å². The van der Waals surface area contributed by atoms with Crippen LogP contribution >= 0.6 is 0 Å². The van der Waals surface area contributed by atoms with Crippen molar-refractivity contribution in [2.45, 2.75) is 6.42 Å². The van der Waals surface area contributed by atoms with Crippen molar-refractivity contribution >= 4 is 17.3 Å². The fourth-order valence-corrected chi connectivity index (χ4v) is 1.95. The Morgan fingerprint density at radius 3 is 2.36 bits per heavy atom. The molecule has 0 aromatic heterocycles. The minimum absolute atomic E-state index is 0.0470. The first kappa shape index (κ1) is 15.7. The van der Waals surface area contributed by atoms with Crippen molar-refractivity contribution in [1.29, 1.82) is 0 Å². The van der Waals surface area contributed by atoms with Crippen LogP contribution < -0.4 is 20.1 Å². The third kappa shape index (κ3) is 4.70. The van der Waals surface area contributed by atoms with E-state index in [4.69, 9.17) is 9.47 Å². The average Bonchev–Trinajstić information content (AvgIpc) is 2.55. The van der Waals surface area contributed by atoms with Crippen molar-refractivity contribution in [3.63, 3.8) is 0 Å². The third-order valence-electron chi connectivity index (χ3n) is 3.12. The lowest BCUT2D eigenvalue weighted by Crippen LogP contribution is -2.16. The van der Waals surface area contributed by atoms with E-state index < -0.39 is 0 Å². The molecule has 0 bridgehead atoms. The van der Waals surface area contributed by atoms with Crippen LogP contribution in [0.3, 0.4) is 0 Å². The molecule has 0 aliphatic heterocycles. The average molecular weight is 300 g/mol. The molecule has 2 rings (SSSR count). The van der Waals surface area contributed by atoms with Gasteiger partial charge in [0.2, 0.25) is 5.91 Å². The van der Waals surface area contributed by atoms with Crippen LogP contribution in [0.4, 0.5) is 11.4 Å². The van der Waals surface area contributed by atoms with Crippen LogP contribution in [0.15, 0.2) is 48.5 Å². The number of carbonyl (C=O) groups is 1. The molecule has 2 aromatic carbocycles. The molecule has 116 valence electrons. The van der Waals surface area contributed by atoms with Crippen LogP contribution in [-0.2, 0) is 4.79 Å². The topological polar surface area (TPSA) is 59.6 Å². The Kier molecular flexibility index (Phi) is 5.65. The molecule has 5 heteroatoms. The molecule has 0 fully saturated rings. The fourth-order valence-electron chi connectivity index (χ4n) is 1.95. The summed E-state index contributed by atoms with van der Waals surface area (Å²) in [6.45, 7) is 0.558. The molecule has 2 aromatic rings. The summed E-state index contributed by atoms with van der Waals surface area (Å²) in [7, 11) is 3.23. The highest BCUT2D eigenvalue weighted by Crippen LogP contribution is 2.17. The van der Waals surface area contributed by atoms with Crippen LogP contribution in [0.1, 0.15) is 6.42 Å². The van der Waals surface area contributed by atoms with Gasteiger partial charge in [-0.15, -0.1) is 0 Å². The van der Waals surface area contributed by atoms with Crippen LogP contribution in [0, 0.1) is 0 Å². The number of ether oxygens (including phenoxy) is 2. The monoisotopic (exact) mass is 300 g/mol. The Morgan fingerprint density at radius 2 is 1.68 bits per heavy atom. The Bertz CT molecular complexity index is 612. The number of amides is 1. The Labute approximate surface area is 130 Å². The standard InChI is InChI=1S/C17H20N2O3/c1-21-15-8-6-13(7-9-15)18-11-10-17(20)19-14-4-3-5-16(12-14)22-2/h3-9,12,18H,10-11H2,1-2H3,(H,19,20). The molecule has 0 spiro atoms. The number of rotatable bonds is 7. The zero-order valence-electron chi connectivity index (χ0n) is 12.8. The molecule has 5 nitrogen and oxygen atoms in total. The van der Waals surface area contributed by atoms with Crippen molar-refractivity contribution in [3.8, 4) is 11.5 Å². The summed E-state index contributed by atoms with van der Waals surface area (Å²) in [5.74, 6) is 1.48. The summed E-state index contributed by atoms with van der Waals surface area (Å²) in [5.41, 5.74) is 1.68.